The fraction of sp³-hybridized carbons (Fsp3) is 0.261. The molecule has 2 aromatic rings. The summed E-state index contributed by atoms with van der Waals surface area (Å²) in [6.07, 6.45) is 4.73. The van der Waals surface area contributed by atoms with E-state index in [4.69, 9.17) is 9.47 Å². The molecule has 1 aliphatic rings. The lowest BCUT2D eigenvalue weighted by Crippen LogP contribution is -2.49. The van der Waals surface area contributed by atoms with Gasteiger partial charge < -0.3 is 14.4 Å². The Bertz CT molecular complexity index is 1060. The highest BCUT2D eigenvalue weighted by Crippen LogP contribution is 2.31. The van der Waals surface area contributed by atoms with Crippen LogP contribution in [0.5, 0.6) is 11.5 Å². The highest BCUT2D eigenvalue weighted by molar-refractivity contribution is 7.92. The number of nitrogens with zero attached hydrogens (tertiary/aromatic N) is 2. The van der Waals surface area contributed by atoms with Gasteiger partial charge in [0.1, 0.15) is 0 Å². The van der Waals surface area contributed by atoms with Crippen LogP contribution in [0, 0.1) is 0 Å². The fourth-order valence-electron chi connectivity index (χ4n) is 3.29. The van der Waals surface area contributed by atoms with Crippen LogP contribution in [0.3, 0.4) is 0 Å². The van der Waals surface area contributed by atoms with E-state index in [2.05, 4.69) is 0 Å². The molecule has 2 aromatic carbocycles. The van der Waals surface area contributed by atoms with Crippen molar-refractivity contribution in [1.29, 1.82) is 0 Å². The molecule has 0 bridgehead atoms. The lowest BCUT2D eigenvalue weighted by atomic mass is 10.1. The van der Waals surface area contributed by atoms with Gasteiger partial charge in [-0.3, -0.25) is 4.79 Å². The number of carbonyl (C=O) groups is 1. The van der Waals surface area contributed by atoms with Crippen molar-refractivity contribution in [2.75, 3.05) is 40.4 Å². The Morgan fingerprint density at radius 1 is 0.903 bits per heavy atom. The predicted octanol–water partition coefficient (Wildman–Crippen LogP) is 2.86. The molecule has 164 valence electrons. The Hall–Kier alpha value is -3.10. The molecule has 0 aliphatic carbocycles. The predicted molar refractivity (Wildman–Crippen MR) is 121 cm³/mol. The van der Waals surface area contributed by atoms with Gasteiger partial charge in [-0.2, -0.15) is 4.31 Å². The number of piperazine rings is 1. The second kappa shape index (κ2) is 10.3. The van der Waals surface area contributed by atoms with E-state index in [-0.39, 0.29) is 19.0 Å². The van der Waals surface area contributed by atoms with Crippen molar-refractivity contribution in [3.05, 3.63) is 71.1 Å². The average molecular weight is 443 g/mol. The van der Waals surface area contributed by atoms with Gasteiger partial charge in [-0.25, -0.2) is 8.42 Å². The summed E-state index contributed by atoms with van der Waals surface area (Å²) in [4.78, 5) is 14.2. The second-order valence-electron chi connectivity index (χ2n) is 6.90. The lowest BCUT2D eigenvalue weighted by molar-refractivity contribution is -0.127. The van der Waals surface area contributed by atoms with Crippen LogP contribution in [0.2, 0.25) is 0 Å². The first kappa shape index (κ1) is 22.6. The molecule has 0 radical (unpaired) electrons. The number of amides is 1. The molecule has 0 saturated carbocycles. The van der Waals surface area contributed by atoms with Gasteiger partial charge in [-0.05, 0) is 23.8 Å². The van der Waals surface area contributed by atoms with Crippen LogP contribution in [-0.2, 0) is 14.8 Å². The summed E-state index contributed by atoms with van der Waals surface area (Å²) in [7, 11) is -0.437. The number of carbonyl (C=O) groups excluding carboxylic acids is 1. The summed E-state index contributed by atoms with van der Waals surface area (Å²) < 4.78 is 37.2. The highest BCUT2D eigenvalue weighted by atomic mass is 32.2. The number of hydrogen-bond acceptors (Lipinski definition) is 5. The van der Waals surface area contributed by atoms with Crippen molar-refractivity contribution < 1.29 is 22.7 Å². The van der Waals surface area contributed by atoms with E-state index in [0.717, 1.165) is 11.1 Å². The zero-order chi connectivity index (χ0) is 22.3. The molecule has 1 aliphatic heterocycles. The minimum Gasteiger partial charge on any atom is -0.493 e. The normalized spacial score (nSPS) is 15.5. The van der Waals surface area contributed by atoms with Crippen molar-refractivity contribution in [2.24, 2.45) is 0 Å². The minimum absolute atomic E-state index is 0.179. The molecule has 1 amide bonds. The maximum atomic E-state index is 12.6. The van der Waals surface area contributed by atoms with Gasteiger partial charge in [-0.1, -0.05) is 42.5 Å². The van der Waals surface area contributed by atoms with Crippen LogP contribution < -0.4 is 9.47 Å². The maximum Gasteiger partial charge on any atom is 0.246 e. The molecule has 0 atom stereocenters. The van der Waals surface area contributed by atoms with Crippen molar-refractivity contribution >= 4 is 28.1 Å². The van der Waals surface area contributed by atoms with Crippen LogP contribution in [0.25, 0.3) is 12.2 Å². The van der Waals surface area contributed by atoms with E-state index >= 15 is 0 Å². The molecule has 0 spiro atoms. The fourth-order valence-corrected chi connectivity index (χ4v) is 4.46. The first-order valence-electron chi connectivity index (χ1n) is 9.86. The number of benzene rings is 2. The summed E-state index contributed by atoms with van der Waals surface area (Å²) in [5.41, 5.74) is 1.54. The monoisotopic (exact) mass is 442 g/mol. The third-order valence-corrected chi connectivity index (χ3v) is 6.55. The Labute approximate surface area is 183 Å². The van der Waals surface area contributed by atoms with Gasteiger partial charge in [0.05, 0.1) is 14.2 Å². The summed E-state index contributed by atoms with van der Waals surface area (Å²) in [6, 6.07) is 14.7. The zero-order valence-electron chi connectivity index (χ0n) is 17.6. The molecule has 8 heteroatoms. The number of sulfonamides is 1. The molecular weight excluding hydrogens is 416 g/mol. The van der Waals surface area contributed by atoms with E-state index in [9.17, 15) is 13.2 Å². The Morgan fingerprint density at radius 3 is 2.26 bits per heavy atom. The largest absolute Gasteiger partial charge is 0.493 e. The molecule has 0 N–H and O–H groups in total. The van der Waals surface area contributed by atoms with E-state index in [0.29, 0.717) is 24.6 Å². The Kier molecular flexibility index (Phi) is 7.49. The van der Waals surface area contributed by atoms with E-state index in [1.54, 1.807) is 37.3 Å². The lowest BCUT2D eigenvalue weighted by Gasteiger charge is -2.32. The summed E-state index contributed by atoms with van der Waals surface area (Å²) in [6.45, 7) is 1.17. The van der Waals surface area contributed by atoms with Gasteiger partial charge in [0.2, 0.25) is 15.9 Å². The summed E-state index contributed by atoms with van der Waals surface area (Å²) in [5.74, 6) is 0.955. The van der Waals surface area contributed by atoms with Crippen molar-refractivity contribution in [2.45, 2.75) is 0 Å². The first-order chi connectivity index (χ1) is 14.9. The first-order valence-corrected chi connectivity index (χ1v) is 11.4. The number of para-hydroxylation sites is 1. The highest BCUT2D eigenvalue weighted by Gasteiger charge is 2.26. The summed E-state index contributed by atoms with van der Waals surface area (Å²) >= 11 is 0. The van der Waals surface area contributed by atoms with Gasteiger partial charge in [0.25, 0.3) is 0 Å². The Balaban J connectivity index is 1.60. The number of methoxy groups -OCH3 is 2. The molecule has 31 heavy (non-hydrogen) atoms. The van der Waals surface area contributed by atoms with E-state index in [1.165, 1.54) is 15.8 Å². The molecule has 1 heterocycles. The third-order valence-electron chi connectivity index (χ3n) is 4.98. The number of ether oxygens (including phenoxy) is 2. The average Bonchev–Trinajstić information content (AvgIpc) is 2.81. The SMILES string of the molecule is COc1cccc(/C=C/C(=O)N2CCN(S(=O)(=O)/C=C/c3ccccc3)CC2)c1OC. The smallest absolute Gasteiger partial charge is 0.246 e. The van der Waals surface area contributed by atoms with Crippen LogP contribution in [0.1, 0.15) is 11.1 Å². The topological polar surface area (TPSA) is 76.2 Å². The van der Waals surface area contributed by atoms with Gasteiger partial charge >= 0.3 is 0 Å². The number of rotatable bonds is 7. The zero-order valence-corrected chi connectivity index (χ0v) is 18.4. The molecule has 0 unspecified atom stereocenters. The van der Waals surface area contributed by atoms with Crippen LogP contribution in [0.4, 0.5) is 0 Å². The second-order valence-corrected chi connectivity index (χ2v) is 8.72. The van der Waals surface area contributed by atoms with Crippen LogP contribution >= 0.6 is 0 Å². The van der Waals surface area contributed by atoms with Crippen molar-refractivity contribution in [3.8, 4) is 11.5 Å². The molecule has 1 saturated heterocycles. The third kappa shape index (κ3) is 5.74. The standard InChI is InChI=1S/C23H26N2O5S/c1-29-21-10-6-9-20(23(21)30-2)11-12-22(26)24-14-16-25(17-15-24)31(27,28)18-13-19-7-4-3-5-8-19/h3-13,18H,14-17H2,1-2H3/b12-11+,18-13+. The number of hydrogen-bond donors (Lipinski definition) is 0. The van der Waals surface area contributed by atoms with Gasteiger partial charge in [0, 0.05) is 43.2 Å². The van der Waals surface area contributed by atoms with Crippen LogP contribution in [-0.4, -0.2) is 63.9 Å². The van der Waals surface area contributed by atoms with E-state index < -0.39 is 10.0 Å². The molecule has 0 aromatic heterocycles. The molecule has 7 nitrogen and oxygen atoms in total. The molecular formula is C23H26N2O5S. The van der Waals surface area contributed by atoms with Crippen molar-refractivity contribution in [3.63, 3.8) is 0 Å². The van der Waals surface area contributed by atoms with Gasteiger partial charge in [-0.15, -0.1) is 0 Å². The van der Waals surface area contributed by atoms with E-state index in [1.807, 2.05) is 42.5 Å². The van der Waals surface area contributed by atoms with Crippen LogP contribution in [0.15, 0.2) is 60.0 Å². The summed E-state index contributed by atoms with van der Waals surface area (Å²) in [5, 5.41) is 1.22. The minimum atomic E-state index is -3.54. The van der Waals surface area contributed by atoms with Crippen molar-refractivity contribution in [1.82, 2.24) is 9.21 Å². The van der Waals surface area contributed by atoms with Gasteiger partial charge in [0.15, 0.2) is 11.5 Å². The molecule has 1 fully saturated rings. The maximum absolute atomic E-state index is 12.6. The molecule has 3 rings (SSSR count). The quantitative estimate of drug-likeness (QED) is 0.617. The Morgan fingerprint density at radius 2 is 1.61 bits per heavy atom.